The lowest BCUT2D eigenvalue weighted by Gasteiger charge is -2.30. The van der Waals surface area contributed by atoms with Gasteiger partial charge < -0.3 is 10.4 Å². The second kappa shape index (κ2) is 6.42. The van der Waals surface area contributed by atoms with Crippen LogP contribution in [-0.4, -0.2) is 11.7 Å². The van der Waals surface area contributed by atoms with Gasteiger partial charge in [-0.2, -0.15) is 0 Å². The van der Waals surface area contributed by atoms with Crippen molar-refractivity contribution < 1.29 is 5.11 Å². The van der Waals surface area contributed by atoms with Crippen molar-refractivity contribution in [2.45, 2.75) is 52.5 Å². The van der Waals surface area contributed by atoms with E-state index in [2.05, 4.69) is 25.2 Å². The first kappa shape index (κ1) is 14.4. The van der Waals surface area contributed by atoms with Gasteiger partial charge >= 0.3 is 0 Å². The average Bonchev–Trinajstić information content (AvgIpc) is 2.37. The summed E-state index contributed by atoms with van der Waals surface area (Å²) in [6, 6.07) is 6.16. The molecule has 2 heteroatoms. The Bertz CT molecular complexity index is 416. The zero-order valence-corrected chi connectivity index (χ0v) is 12.4. The summed E-state index contributed by atoms with van der Waals surface area (Å²) in [5, 5.41) is 13.6. The van der Waals surface area contributed by atoms with Crippen LogP contribution in [0.4, 0.5) is 0 Å². The number of nitrogens with one attached hydrogen (secondary N) is 1. The molecule has 1 aliphatic carbocycles. The van der Waals surface area contributed by atoms with E-state index < -0.39 is 0 Å². The number of rotatable bonds is 4. The number of hydrogen-bond acceptors (Lipinski definition) is 2. The zero-order chi connectivity index (χ0) is 13.8. The first-order valence-corrected chi connectivity index (χ1v) is 7.61. The second-order valence-corrected chi connectivity index (χ2v) is 6.21. The number of aromatic hydroxyl groups is 1. The van der Waals surface area contributed by atoms with Crippen LogP contribution in [0.3, 0.4) is 0 Å². The average molecular weight is 261 g/mol. The zero-order valence-electron chi connectivity index (χ0n) is 12.4. The Hall–Kier alpha value is -1.02. The Balaban J connectivity index is 1.91. The molecule has 0 radical (unpaired) electrons. The molecule has 0 aromatic heterocycles. The predicted molar refractivity (Wildman–Crippen MR) is 80.4 cm³/mol. The van der Waals surface area contributed by atoms with Crippen LogP contribution < -0.4 is 5.32 Å². The van der Waals surface area contributed by atoms with Crippen molar-refractivity contribution in [3.8, 4) is 5.75 Å². The van der Waals surface area contributed by atoms with Gasteiger partial charge in [0.25, 0.3) is 0 Å². The van der Waals surface area contributed by atoms with Gasteiger partial charge in [0.2, 0.25) is 0 Å². The van der Waals surface area contributed by atoms with Crippen LogP contribution in [0.5, 0.6) is 5.75 Å². The first-order valence-electron chi connectivity index (χ1n) is 7.61. The van der Waals surface area contributed by atoms with E-state index in [9.17, 15) is 5.11 Å². The maximum absolute atomic E-state index is 10.0. The number of aryl methyl sites for hydroxylation is 1. The van der Waals surface area contributed by atoms with Crippen LogP contribution in [0, 0.1) is 18.8 Å². The van der Waals surface area contributed by atoms with Crippen molar-refractivity contribution >= 4 is 0 Å². The molecule has 2 N–H and O–H groups in total. The Labute approximate surface area is 117 Å². The highest BCUT2D eigenvalue weighted by molar-refractivity contribution is 5.37. The van der Waals surface area contributed by atoms with Crippen molar-refractivity contribution in [3.05, 3.63) is 29.3 Å². The molecular formula is C17H27NO. The van der Waals surface area contributed by atoms with E-state index in [1.54, 1.807) is 0 Å². The number of hydrogen-bond donors (Lipinski definition) is 2. The fraction of sp³-hybridized carbons (Fsp3) is 0.647. The van der Waals surface area contributed by atoms with Gasteiger partial charge in [-0.05, 0) is 50.3 Å². The molecule has 1 aromatic carbocycles. The van der Waals surface area contributed by atoms with Gasteiger partial charge in [-0.15, -0.1) is 0 Å². The molecule has 3 unspecified atom stereocenters. The maximum Gasteiger partial charge on any atom is 0.120 e. The summed E-state index contributed by atoms with van der Waals surface area (Å²) in [5.41, 5.74) is 2.11. The summed E-state index contributed by atoms with van der Waals surface area (Å²) >= 11 is 0. The molecule has 2 rings (SSSR count). The largest absolute Gasteiger partial charge is 0.508 e. The van der Waals surface area contributed by atoms with Crippen molar-refractivity contribution in [2.24, 2.45) is 11.8 Å². The lowest BCUT2D eigenvalue weighted by atomic mass is 9.80. The molecule has 2 nitrogen and oxygen atoms in total. The summed E-state index contributed by atoms with van der Waals surface area (Å²) in [6.07, 6.45) is 5.49. The van der Waals surface area contributed by atoms with Crippen LogP contribution in [0.25, 0.3) is 0 Å². The van der Waals surface area contributed by atoms with Crippen molar-refractivity contribution in [3.63, 3.8) is 0 Å². The molecule has 0 bridgehead atoms. The number of phenolic OH excluding ortho intramolecular Hbond substituents is 1. The van der Waals surface area contributed by atoms with Crippen molar-refractivity contribution in [1.82, 2.24) is 5.32 Å². The molecule has 106 valence electrons. The molecule has 0 aliphatic heterocycles. The highest BCUT2D eigenvalue weighted by Gasteiger charge is 2.21. The fourth-order valence-electron chi connectivity index (χ4n) is 3.15. The number of benzene rings is 1. The standard InChI is InChI=1S/C17H27NO/c1-12-8-9-16(17(19)10-12)14(3)18-11-15-7-5-4-6-13(15)2/h8-10,13-15,18-19H,4-7,11H2,1-3H3. The smallest absolute Gasteiger partial charge is 0.120 e. The third-order valence-corrected chi connectivity index (χ3v) is 4.63. The van der Waals surface area contributed by atoms with Gasteiger partial charge in [0.1, 0.15) is 5.75 Å². The Kier molecular flexibility index (Phi) is 4.87. The molecule has 1 fully saturated rings. The molecule has 3 atom stereocenters. The summed E-state index contributed by atoms with van der Waals surface area (Å²) in [6.45, 7) is 7.58. The monoisotopic (exact) mass is 261 g/mol. The molecule has 1 aromatic rings. The third-order valence-electron chi connectivity index (χ3n) is 4.63. The van der Waals surface area contributed by atoms with Crippen LogP contribution in [0.1, 0.15) is 56.7 Å². The van der Waals surface area contributed by atoms with E-state index in [1.807, 2.05) is 19.1 Å². The lowest BCUT2D eigenvalue weighted by Crippen LogP contribution is -2.31. The van der Waals surface area contributed by atoms with Crippen molar-refractivity contribution in [1.29, 1.82) is 0 Å². The van der Waals surface area contributed by atoms with E-state index in [0.29, 0.717) is 5.75 Å². The Morgan fingerprint density at radius 1 is 1.32 bits per heavy atom. The minimum Gasteiger partial charge on any atom is -0.508 e. The quantitative estimate of drug-likeness (QED) is 0.852. The Morgan fingerprint density at radius 2 is 2.05 bits per heavy atom. The van der Waals surface area contributed by atoms with Crippen LogP contribution >= 0.6 is 0 Å². The van der Waals surface area contributed by atoms with Crippen LogP contribution in [0.2, 0.25) is 0 Å². The topological polar surface area (TPSA) is 32.3 Å². The van der Waals surface area contributed by atoms with E-state index in [1.165, 1.54) is 25.7 Å². The fourth-order valence-corrected chi connectivity index (χ4v) is 3.15. The normalized spacial score (nSPS) is 25.2. The highest BCUT2D eigenvalue weighted by atomic mass is 16.3. The van der Waals surface area contributed by atoms with Gasteiger partial charge in [0.05, 0.1) is 0 Å². The van der Waals surface area contributed by atoms with E-state index >= 15 is 0 Å². The minimum absolute atomic E-state index is 0.217. The highest BCUT2D eigenvalue weighted by Crippen LogP contribution is 2.30. The summed E-state index contributed by atoms with van der Waals surface area (Å²) < 4.78 is 0. The summed E-state index contributed by atoms with van der Waals surface area (Å²) in [7, 11) is 0. The molecule has 0 spiro atoms. The summed E-state index contributed by atoms with van der Waals surface area (Å²) in [4.78, 5) is 0. The molecule has 0 amide bonds. The predicted octanol–water partition coefficient (Wildman–Crippen LogP) is 4.18. The van der Waals surface area contributed by atoms with Gasteiger partial charge in [-0.25, -0.2) is 0 Å². The van der Waals surface area contributed by atoms with Gasteiger partial charge in [-0.1, -0.05) is 38.3 Å². The molecule has 1 aliphatic rings. The molecule has 19 heavy (non-hydrogen) atoms. The number of phenols is 1. The molecular weight excluding hydrogens is 234 g/mol. The first-order chi connectivity index (χ1) is 9.08. The van der Waals surface area contributed by atoms with Gasteiger partial charge in [0.15, 0.2) is 0 Å². The van der Waals surface area contributed by atoms with Gasteiger partial charge in [-0.3, -0.25) is 0 Å². The van der Waals surface area contributed by atoms with Crippen LogP contribution in [-0.2, 0) is 0 Å². The minimum atomic E-state index is 0.217. The third kappa shape index (κ3) is 3.73. The second-order valence-electron chi connectivity index (χ2n) is 6.21. The maximum atomic E-state index is 10.0. The Morgan fingerprint density at radius 3 is 2.74 bits per heavy atom. The van der Waals surface area contributed by atoms with Crippen LogP contribution in [0.15, 0.2) is 18.2 Å². The molecule has 1 saturated carbocycles. The SMILES string of the molecule is Cc1ccc(C(C)NCC2CCCCC2C)c(O)c1. The lowest BCUT2D eigenvalue weighted by molar-refractivity contribution is 0.242. The van der Waals surface area contributed by atoms with E-state index in [-0.39, 0.29) is 6.04 Å². The molecule has 0 heterocycles. The molecule has 0 saturated heterocycles. The van der Waals surface area contributed by atoms with E-state index in [0.717, 1.165) is 29.5 Å². The van der Waals surface area contributed by atoms with Gasteiger partial charge in [0, 0.05) is 11.6 Å². The van der Waals surface area contributed by atoms with Crippen molar-refractivity contribution in [2.75, 3.05) is 6.54 Å². The summed E-state index contributed by atoms with van der Waals surface area (Å²) in [5.74, 6) is 2.04. The van der Waals surface area contributed by atoms with E-state index in [4.69, 9.17) is 0 Å².